The summed E-state index contributed by atoms with van der Waals surface area (Å²) in [5.74, 6) is 2.33. The van der Waals surface area contributed by atoms with Crippen LogP contribution < -0.4 is 24.3 Å². The Bertz CT molecular complexity index is 993. The second kappa shape index (κ2) is 11.1. The van der Waals surface area contributed by atoms with Gasteiger partial charge in [0.1, 0.15) is 24.7 Å². The number of para-hydroxylation sites is 1. The molecule has 3 aromatic carbocycles. The molecule has 0 spiro atoms. The predicted molar refractivity (Wildman–Crippen MR) is 120 cm³/mol. The SMILES string of the molecule is COc1cc(Cl)c(CNC(=O)c2ccc(OCCOc3ccccc3)cc2)cc1OC. The molecule has 0 heterocycles. The van der Waals surface area contributed by atoms with Crippen LogP contribution in [0.5, 0.6) is 23.0 Å². The normalized spacial score (nSPS) is 10.3. The summed E-state index contributed by atoms with van der Waals surface area (Å²) >= 11 is 6.27. The summed E-state index contributed by atoms with van der Waals surface area (Å²) < 4.78 is 21.7. The molecule has 0 atom stereocenters. The van der Waals surface area contributed by atoms with Gasteiger partial charge in [-0.05, 0) is 48.0 Å². The van der Waals surface area contributed by atoms with Gasteiger partial charge in [0.15, 0.2) is 11.5 Å². The molecule has 0 aliphatic carbocycles. The fraction of sp³-hybridized carbons (Fsp3) is 0.208. The van der Waals surface area contributed by atoms with E-state index in [9.17, 15) is 4.79 Å². The number of nitrogens with one attached hydrogen (secondary N) is 1. The molecule has 3 rings (SSSR count). The first-order valence-corrected chi connectivity index (χ1v) is 10.1. The Kier molecular flexibility index (Phi) is 8.01. The Morgan fingerprint density at radius 3 is 2.03 bits per heavy atom. The molecule has 0 saturated heterocycles. The zero-order valence-electron chi connectivity index (χ0n) is 17.4. The quantitative estimate of drug-likeness (QED) is 0.460. The number of halogens is 1. The number of hydrogen-bond donors (Lipinski definition) is 1. The lowest BCUT2D eigenvalue weighted by Gasteiger charge is -2.12. The topological polar surface area (TPSA) is 66.0 Å². The number of benzene rings is 3. The molecule has 0 aliphatic rings. The molecule has 3 aromatic rings. The van der Waals surface area contributed by atoms with Gasteiger partial charge in [-0.1, -0.05) is 29.8 Å². The van der Waals surface area contributed by atoms with Crippen LogP contribution in [0.4, 0.5) is 0 Å². The van der Waals surface area contributed by atoms with Crippen LogP contribution >= 0.6 is 11.6 Å². The van der Waals surface area contributed by atoms with E-state index in [2.05, 4.69) is 5.32 Å². The lowest BCUT2D eigenvalue weighted by molar-refractivity contribution is 0.0951. The molecule has 162 valence electrons. The van der Waals surface area contributed by atoms with E-state index in [-0.39, 0.29) is 12.5 Å². The van der Waals surface area contributed by atoms with Gasteiger partial charge in [0, 0.05) is 23.2 Å². The monoisotopic (exact) mass is 441 g/mol. The molecule has 1 N–H and O–H groups in total. The smallest absolute Gasteiger partial charge is 0.251 e. The highest BCUT2D eigenvalue weighted by atomic mass is 35.5. The fourth-order valence-electron chi connectivity index (χ4n) is 2.85. The minimum atomic E-state index is -0.218. The van der Waals surface area contributed by atoms with E-state index in [1.54, 1.807) is 50.6 Å². The van der Waals surface area contributed by atoms with E-state index >= 15 is 0 Å². The molecule has 0 aromatic heterocycles. The summed E-state index contributed by atoms with van der Waals surface area (Å²) in [6.45, 7) is 1.09. The van der Waals surface area contributed by atoms with Crippen LogP contribution in [0.15, 0.2) is 66.7 Å². The van der Waals surface area contributed by atoms with Gasteiger partial charge in [0.25, 0.3) is 5.91 Å². The van der Waals surface area contributed by atoms with Gasteiger partial charge in [0.05, 0.1) is 14.2 Å². The molecule has 0 saturated carbocycles. The molecular weight excluding hydrogens is 418 g/mol. The van der Waals surface area contributed by atoms with Crippen molar-refractivity contribution in [2.24, 2.45) is 0 Å². The van der Waals surface area contributed by atoms with Crippen LogP contribution in [-0.4, -0.2) is 33.3 Å². The summed E-state index contributed by atoms with van der Waals surface area (Å²) in [7, 11) is 3.09. The lowest BCUT2D eigenvalue weighted by atomic mass is 10.1. The second-order valence-corrected chi connectivity index (χ2v) is 6.92. The van der Waals surface area contributed by atoms with Gasteiger partial charge in [-0.15, -0.1) is 0 Å². The Balaban J connectivity index is 1.49. The second-order valence-electron chi connectivity index (χ2n) is 6.52. The first kappa shape index (κ1) is 22.3. The number of hydrogen-bond acceptors (Lipinski definition) is 5. The lowest BCUT2D eigenvalue weighted by Crippen LogP contribution is -2.23. The Morgan fingerprint density at radius 2 is 1.42 bits per heavy atom. The number of ether oxygens (including phenoxy) is 4. The summed E-state index contributed by atoms with van der Waals surface area (Å²) in [4.78, 5) is 12.5. The number of carbonyl (C=O) groups excluding carboxylic acids is 1. The van der Waals surface area contributed by atoms with Crippen molar-refractivity contribution in [2.45, 2.75) is 6.54 Å². The Labute approximate surface area is 186 Å². The average molecular weight is 442 g/mol. The van der Waals surface area contributed by atoms with Crippen molar-refractivity contribution < 1.29 is 23.7 Å². The fourth-order valence-corrected chi connectivity index (χ4v) is 3.07. The predicted octanol–water partition coefficient (Wildman–Crippen LogP) is 4.75. The van der Waals surface area contributed by atoms with Crippen molar-refractivity contribution >= 4 is 17.5 Å². The maximum absolute atomic E-state index is 12.5. The van der Waals surface area contributed by atoms with E-state index < -0.39 is 0 Å². The number of methoxy groups -OCH3 is 2. The molecule has 7 heteroatoms. The van der Waals surface area contributed by atoms with Crippen molar-refractivity contribution in [3.05, 3.63) is 82.9 Å². The minimum absolute atomic E-state index is 0.218. The van der Waals surface area contributed by atoms with Crippen LogP contribution in [0, 0.1) is 0 Å². The third kappa shape index (κ3) is 6.30. The average Bonchev–Trinajstić information content (AvgIpc) is 2.81. The number of carbonyl (C=O) groups is 1. The van der Waals surface area contributed by atoms with Crippen molar-refractivity contribution in [3.63, 3.8) is 0 Å². The minimum Gasteiger partial charge on any atom is -0.493 e. The van der Waals surface area contributed by atoms with Gasteiger partial charge in [-0.25, -0.2) is 0 Å². The summed E-state index contributed by atoms with van der Waals surface area (Å²) in [5.41, 5.74) is 1.25. The maximum Gasteiger partial charge on any atom is 0.251 e. The largest absolute Gasteiger partial charge is 0.493 e. The van der Waals surface area contributed by atoms with Gasteiger partial charge < -0.3 is 24.3 Å². The molecule has 0 unspecified atom stereocenters. The zero-order chi connectivity index (χ0) is 22.1. The molecule has 0 bridgehead atoms. The standard InChI is InChI=1S/C24H24ClNO5/c1-28-22-14-18(21(25)15-23(22)29-2)16-26-24(27)17-8-10-20(11-9-17)31-13-12-30-19-6-4-3-5-7-19/h3-11,14-15H,12-13,16H2,1-2H3,(H,26,27). The van der Waals surface area contributed by atoms with Crippen LogP contribution in [0.3, 0.4) is 0 Å². The Morgan fingerprint density at radius 1 is 0.839 bits per heavy atom. The highest BCUT2D eigenvalue weighted by molar-refractivity contribution is 6.31. The van der Waals surface area contributed by atoms with E-state index in [0.29, 0.717) is 41.0 Å². The molecule has 6 nitrogen and oxygen atoms in total. The summed E-state index contributed by atoms with van der Waals surface area (Å²) in [6, 6.07) is 19.9. The summed E-state index contributed by atoms with van der Waals surface area (Å²) in [6.07, 6.45) is 0. The zero-order valence-corrected chi connectivity index (χ0v) is 18.1. The van der Waals surface area contributed by atoms with Crippen molar-refractivity contribution in [1.82, 2.24) is 5.32 Å². The number of rotatable bonds is 10. The van der Waals surface area contributed by atoms with Gasteiger partial charge >= 0.3 is 0 Å². The van der Waals surface area contributed by atoms with Crippen molar-refractivity contribution in [3.8, 4) is 23.0 Å². The van der Waals surface area contributed by atoms with Crippen molar-refractivity contribution in [1.29, 1.82) is 0 Å². The highest BCUT2D eigenvalue weighted by Gasteiger charge is 2.12. The van der Waals surface area contributed by atoms with Gasteiger partial charge in [-0.2, -0.15) is 0 Å². The van der Waals surface area contributed by atoms with E-state index in [1.165, 1.54) is 0 Å². The molecule has 0 radical (unpaired) electrons. The van der Waals surface area contributed by atoms with Gasteiger partial charge in [-0.3, -0.25) is 4.79 Å². The highest BCUT2D eigenvalue weighted by Crippen LogP contribution is 2.33. The first-order chi connectivity index (χ1) is 15.1. The van der Waals surface area contributed by atoms with Crippen LogP contribution in [0.1, 0.15) is 15.9 Å². The molecule has 0 aliphatic heterocycles. The molecule has 0 fully saturated rings. The van der Waals surface area contributed by atoms with Crippen LogP contribution in [-0.2, 0) is 6.54 Å². The van der Waals surface area contributed by atoms with E-state index in [4.69, 9.17) is 30.5 Å². The third-order valence-electron chi connectivity index (χ3n) is 4.47. The van der Waals surface area contributed by atoms with Crippen LogP contribution in [0.25, 0.3) is 0 Å². The first-order valence-electron chi connectivity index (χ1n) is 9.70. The Hall–Kier alpha value is -3.38. The van der Waals surface area contributed by atoms with Crippen LogP contribution in [0.2, 0.25) is 5.02 Å². The van der Waals surface area contributed by atoms with E-state index in [0.717, 1.165) is 11.3 Å². The molecular formula is C24H24ClNO5. The summed E-state index contributed by atoms with van der Waals surface area (Å²) in [5, 5.41) is 3.34. The van der Waals surface area contributed by atoms with Crippen molar-refractivity contribution in [2.75, 3.05) is 27.4 Å². The van der Waals surface area contributed by atoms with Gasteiger partial charge in [0.2, 0.25) is 0 Å². The number of amides is 1. The maximum atomic E-state index is 12.5. The van der Waals surface area contributed by atoms with E-state index in [1.807, 2.05) is 30.3 Å². The third-order valence-corrected chi connectivity index (χ3v) is 4.82. The molecule has 31 heavy (non-hydrogen) atoms. The molecule has 1 amide bonds.